The second-order valence-electron chi connectivity index (χ2n) is 3.45. The maximum atomic E-state index is 12.8. The van der Waals surface area contributed by atoms with E-state index in [1.165, 1.54) is 12.1 Å². The molecule has 0 bridgehead atoms. The molecule has 1 heterocycles. The van der Waals surface area contributed by atoms with Crippen LogP contribution in [0, 0.1) is 5.82 Å². The fourth-order valence-corrected chi connectivity index (χ4v) is 1.65. The van der Waals surface area contributed by atoms with Crippen LogP contribution in [0.3, 0.4) is 0 Å². The summed E-state index contributed by atoms with van der Waals surface area (Å²) < 4.78 is 12.8. The Hall–Kier alpha value is -1.81. The molecule has 0 aliphatic rings. The van der Waals surface area contributed by atoms with Gasteiger partial charge in [0.1, 0.15) is 5.82 Å². The molecule has 1 atom stereocenters. The van der Waals surface area contributed by atoms with E-state index in [2.05, 4.69) is 15.5 Å². The fraction of sp³-hybridized carbons (Fsp3) is 0.167. The largest absolute Gasteiger partial charge is 0.309 e. The Balaban J connectivity index is 2.33. The predicted molar refractivity (Wildman–Crippen MR) is 59.3 cm³/mol. The van der Waals surface area contributed by atoms with Crippen molar-refractivity contribution in [3.8, 4) is 0 Å². The van der Waals surface area contributed by atoms with Gasteiger partial charge in [0.25, 0.3) is 0 Å². The SMILES string of the molecule is CNC(c1ccc(F)cc1)c1ccnnc1. The van der Waals surface area contributed by atoms with Gasteiger partial charge < -0.3 is 5.32 Å². The highest BCUT2D eigenvalue weighted by Gasteiger charge is 2.11. The second kappa shape index (κ2) is 4.81. The number of benzene rings is 1. The Morgan fingerprint density at radius 1 is 1.06 bits per heavy atom. The third-order valence-electron chi connectivity index (χ3n) is 2.43. The van der Waals surface area contributed by atoms with Gasteiger partial charge in [-0.3, -0.25) is 0 Å². The van der Waals surface area contributed by atoms with Gasteiger partial charge in [-0.15, -0.1) is 0 Å². The molecular formula is C12H12FN3. The number of hydrogen-bond acceptors (Lipinski definition) is 3. The van der Waals surface area contributed by atoms with Crippen LogP contribution in [0.4, 0.5) is 4.39 Å². The predicted octanol–water partition coefficient (Wildman–Crippen LogP) is 1.92. The van der Waals surface area contributed by atoms with E-state index < -0.39 is 0 Å². The summed E-state index contributed by atoms with van der Waals surface area (Å²) in [6.45, 7) is 0. The first-order valence-corrected chi connectivity index (χ1v) is 5.00. The van der Waals surface area contributed by atoms with Gasteiger partial charge >= 0.3 is 0 Å². The molecule has 0 fully saturated rings. The highest BCUT2D eigenvalue weighted by atomic mass is 19.1. The van der Waals surface area contributed by atoms with E-state index >= 15 is 0 Å². The van der Waals surface area contributed by atoms with Crippen molar-refractivity contribution in [1.29, 1.82) is 0 Å². The minimum atomic E-state index is -0.230. The van der Waals surface area contributed by atoms with E-state index in [0.29, 0.717) is 0 Å². The molecule has 0 saturated heterocycles. The van der Waals surface area contributed by atoms with Gasteiger partial charge in [0.05, 0.1) is 12.2 Å². The summed E-state index contributed by atoms with van der Waals surface area (Å²) in [7, 11) is 1.86. The van der Waals surface area contributed by atoms with Crippen molar-refractivity contribution in [3.05, 3.63) is 59.7 Å². The van der Waals surface area contributed by atoms with Gasteiger partial charge in [-0.2, -0.15) is 10.2 Å². The lowest BCUT2D eigenvalue weighted by Crippen LogP contribution is -2.17. The molecular weight excluding hydrogens is 205 g/mol. The Morgan fingerprint density at radius 3 is 2.38 bits per heavy atom. The smallest absolute Gasteiger partial charge is 0.123 e. The lowest BCUT2D eigenvalue weighted by atomic mass is 10.0. The Labute approximate surface area is 93.3 Å². The van der Waals surface area contributed by atoms with Crippen LogP contribution in [-0.2, 0) is 0 Å². The third-order valence-corrected chi connectivity index (χ3v) is 2.43. The molecule has 1 aromatic carbocycles. The van der Waals surface area contributed by atoms with E-state index in [4.69, 9.17) is 0 Å². The van der Waals surface area contributed by atoms with Crippen LogP contribution in [-0.4, -0.2) is 17.2 Å². The van der Waals surface area contributed by atoms with Crippen molar-refractivity contribution in [2.24, 2.45) is 0 Å². The summed E-state index contributed by atoms with van der Waals surface area (Å²) in [5.41, 5.74) is 2.00. The molecule has 1 aromatic heterocycles. The van der Waals surface area contributed by atoms with Crippen molar-refractivity contribution in [3.63, 3.8) is 0 Å². The highest BCUT2D eigenvalue weighted by molar-refractivity contribution is 5.29. The third kappa shape index (κ3) is 2.23. The molecule has 1 N–H and O–H groups in total. The number of nitrogens with zero attached hydrogens (tertiary/aromatic N) is 2. The number of hydrogen-bond donors (Lipinski definition) is 1. The van der Waals surface area contributed by atoms with Crippen LogP contribution >= 0.6 is 0 Å². The van der Waals surface area contributed by atoms with Gasteiger partial charge in [-0.1, -0.05) is 12.1 Å². The normalized spacial score (nSPS) is 12.4. The van der Waals surface area contributed by atoms with Crippen molar-refractivity contribution >= 4 is 0 Å². The van der Waals surface area contributed by atoms with Gasteiger partial charge in [-0.05, 0) is 36.4 Å². The zero-order valence-corrected chi connectivity index (χ0v) is 8.89. The zero-order chi connectivity index (χ0) is 11.4. The van der Waals surface area contributed by atoms with Crippen molar-refractivity contribution in [1.82, 2.24) is 15.5 Å². The summed E-state index contributed by atoms with van der Waals surface area (Å²) >= 11 is 0. The molecule has 2 aromatic rings. The lowest BCUT2D eigenvalue weighted by Gasteiger charge is -2.16. The molecule has 16 heavy (non-hydrogen) atoms. The molecule has 1 unspecified atom stereocenters. The molecule has 0 saturated carbocycles. The van der Waals surface area contributed by atoms with E-state index in [-0.39, 0.29) is 11.9 Å². The monoisotopic (exact) mass is 217 g/mol. The number of rotatable bonds is 3. The van der Waals surface area contributed by atoms with Crippen LogP contribution in [0.15, 0.2) is 42.7 Å². The molecule has 0 aliphatic carbocycles. The maximum absolute atomic E-state index is 12.8. The lowest BCUT2D eigenvalue weighted by molar-refractivity contribution is 0.623. The van der Waals surface area contributed by atoms with Crippen molar-refractivity contribution < 1.29 is 4.39 Å². The van der Waals surface area contributed by atoms with E-state index in [0.717, 1.165) is 11.1 Å². The fourth-order valence-electron chi connectivity index (χ4n) is 1.65. The first-order valence-electron chi connectivity index (χ1n) is 5.00. The summed E-state index contributed by atoms with van der Waals surface area (Å²) in [6, 6.07) is 8.32. The first kappa shape index (κ1) is 10.7. The average Bonchev–Trinajstić information content (AvgIpc) is 2.34. The van der Waals surface area contributed by atoms with Crippen LogP contribution in [0.2, 0.25) is 0 Å². The summed E-state index contributed by atoms with van der Waals surface area (Å²) in [5, 5.41) is 10.7. The Morgan fingerprint density at radius 2 is 1.81 bits per heavy atom. The average molecular weight is 217 g/mol. The van der Waals surface area contributed by atoms with E-state index in [9.17, 15) is 4.39 Å². The summed E-state index contributed by atoms with van der Waals surface area (Å²) in [5.74, 6) is -0.230. The topological polar surface area (TPSA) is 37.8 Å². The quantitative estimate of drug-likeness (QED) is 0.853. The summed E-state index contributed by atoms with van der Waals surface area (Å²) in [6.07, 6.45) is 3.34. The molecule has 82 valence electrons. The van der Waals surface area contributed by atoms with Crippen molar-refractivity contribution in [2.75, 3.05) is 7.05 Å². The first-order chi connectivity index (χ1) is 7.81. The van der Waals surface area contributed by atoms with E-state index in [1.54, 1.807) is 24.5 Å². The number of nitrogens with one attached hydrogen (secondary N) is 1. The maximum Gasteiger partial charge on any atom is 0.123 e. The molecule has 0 aliphatic heterocycles. The molecule has 4 heteroatoms. The standard InChI is InChI=1S/C12H12FN3/c1-14-12(10-6-7-15-16-8-10)9-2-4-11(13)5-3-9/h2-8,12,14H,1H3. The van der Waals surface area contributed by atoms with Crippen LogP contribution in [0.25, 0.3) is 0 Å². The Kier molecular flexibility index (Phi) is 3.22. The molecule has 0 amide bonds. The van der Waals surface area contributed by atoms with Crippen molar-refractivity contribution in [2.45, 2.75) is 6.04 Å². The summed E-state index contributed by atoms with van der Waals surface area (Å²) in [4.78, 5) is 0. The van der Waals surface area contributed by atoms with Gasteiger partial charge in [0, 0.05) is 6.20 Å². The molecule has 0 spiro atoms. The Bertz CT molecular complexity index is 442. The molecule has 3 nitrogen and oxygen atoms in total. The van der Waals surface area contributed by atoms with Gasteiger partial charge in [0.2, 0.25) is 0 Å². The molecule has 0 radical (unpaired) electrons. The van der Waals surface area contributed by atoms with E-state index in [1.807, 2.05) is 13.1 Å². The number of aromatic nitrogens is 2. The highest BCUT2D eigenvalue weighted by Crippen LogP contribution is 2.20. The van der Waals surface area contributed by atoms with Crippen LogP contribution < -0.4 is 5.32 Å². The van der Waals surface area contributed by atoms with Gasteiger partial charge in [0.15, 0.2) is 0 Å². The minimum absolute atomic E-state index is 0.0103. The minimum Gasteiger partial charge on any atom is -0.309 e. The zero-order valence-electron chi connectivity index (χ0n) is 8.89. The van der Waals surface area contributed by atoms with Gasteiger partial charge in [-0.25, -0.2) is 4.39 Å². The number of halogens is 1. The van der Waals surface area contributed by atoms with Crippen LogP contribution in [0.5, 0.6) is 0 Å². The second-order valence-corrected chi connectivity index (χ2v) is 3.45. The van der Waals surface area contributed by atoms with Crippen LogP contribution in [0.1, 0.15) is 17.2 Å². The molecule has 2 rings (SSSR count).